The Balaban J connectivity index is 1.91. The molecule has 2 heterocycles. The fraction of sp³-hybridized carbons (Fsp3) is 0.500. The predicted octanol–water partition coefficient (Wildman–Crippen LogP) is 2.84. The molecule has 0 spiro atoms. The van der Waals surface area contributed by atoms with Crippen molar-refractivity contribution in [3.05, 3.63) is 29.0 Å². The van der Waals surface area contributed by atoms with Crippen LogP contribution in [-0.4, -0.2) is 28.3 Å². The van der Waals surface area contributed by atoms with Gasteiger partial charge in [0.2, 0.25) is 0 Å². The maximum atomic E-state index is 4.29. The van der Waals surface area contributed by atoms with Crippen molar-refractivity contribution in [2.24, 2.45) is 0 Å². The molecule has 0 aliphatic rings. The Morgan fingerprint density at radius 3 is 2.95 bits per heavy atom. The SMILES string of the molecule is CCCNCCCc1nnc(-c2cccnc2C)s1. The predicted molar refractivity (Wildman–Crippen MR) is 79.4 cm³/mol. The lowest BCUT2D eigenvalue weighted by atomic mass is 10.2. The quantitative estimate of drug-likeness (QED) is 0.790. The fourth-order valence-corrected chi connectivity index (χ4v) is 2.80. The molecule has 0 aliphatic heterocycles. The largest absolute Gasteiger partial charge is 0.317 e. The number of hydrogen-bond acceptors (Lipinski definition) is 5. The molecule has 2 rings (SSSR count). The summed E-state index contributed by atoms with van der Waals surface area (Å²) in [5.41, 5.74) is 2.10. The third kappa shape index (κ3) is 4.08. The number of aromatic nitrogens is 3. The number of rotatable bonds is 7. The van der Waals surface area contributed by atoms with Crippen LogP contribution in [0.3, 0.4) is 0 Å². The first-order chi connectivity index (χ1) is 9.31. The molecule has 102 valence electrons. The molecule has 0 radical (unpaired) electrons. The van der Waals surface area contributed by atoms with Crippen molar-refractivity contribution in [3.63, 3.8) is 0 Å². The molecule has 0 saturated heterocycles. The van der Waals surface area contributed by atoms with Gasteiger partial charge in [-0.25, -0.2) is 0 Å². The summed E-state index contributed by atoms with van der Waals surface area (Å²) in [6, 6.07) is 3.99. The van der Waals surface area contributed by atoms with Gasteiger partial charge in [0.25, 0.3) is 0 Å². The molecule has 2 aromatic heterocycles. The van der Waals surface area contributed by atoms with E-state index in [9.17, 15) is 0 Å². The molecule has 5 heteroatoms. The normalized spacial score (nSPS) is 10.8. The first-order valence-electron chi connectivity index (χ1n) is 6.76. The highest BCUT2D eigenvalue weighted by molar-refractivity contribution is 7.14. The van der Waals surface area contributed by atoms with Crippen LogP contribution >= 0.6 is 11.3 Å². The number of hydrogen-bond donors (Lipinski definition) is 1. The van der Waals surface area contributed by atoms with Gasteiger partial charge in [0.15, 0.2) is 0 Å². The van der Waals surface area contributed by atoms with Gasteiger partial charge in [-0.2, -0.15) is 0 Å². The molecule has 0 saturated carbocycles. The highest BCUT2D eigenvalue weighted by Gasteiger charge is 2.08. The van der Waals surface area contributed by atoms with E-state index in [4.69, 9.17) is 0 Å². The molecule has 19 heavy (non-hydrogen) atoms. The average Bonchev–Trinajstić information content (AvgIpc) is 2.88. The van der Waals surface area contributed by atoms with Crippen LogP contribution < -0.4 is 5.32 Å². The van der Waals surface area contributed by atoms with E-state index >= 15 is 0 Å². The molecule has 0 bridgehead atoms. The van der Waals surface area contributed by atoms with Gasteiger partial charge in [-0.05, 0) is 45.0 Å². The van der Waals surface area contributed by atoms with Gasteiger partial charge in [-0.1, -0.05) is 18.3 Å². The summed E-state index contributed by atoms with van der Waals surface area (Å²) in [6.45, 7) is 6.33. The molecule has 2 aromatic rings. The van der Waals surface area contributed by atoms with E-state index in [1.165, 1.54) is 6.42 Å². The maximum absolute atomic E-state index is 4.29. The van der Waals surface area contributed by atoms with Crippen molar-refractivity contribution in [1.29, 1.82) is 0 Å². The topological polar surface area (TPSA) is 50.7 Å². The molecule has 0 amide bonds. The highest BCUT2D eigenvalue weighted by Crippen LogP contribution is 2.25. The zero-order chi connectivity index (χ0) is 13.5. The summed E-state index contributed by atoms with van der Waals surface area (Å²) in [4.78, 5) is 4.29. The third-order valence-corrected chi connectivity index (χ3v) is 3.89. The van der Waals surface area contributed by atoms with Gasteiger partial charge in [-0.3, -0.25) is 4.98 Å². The van der Waals surface area contributed by atoms with Crippen LogP contribution in [-0.2, 0) is 6.42 Å². The second kappa shape index (κ2) is 7.31. The zero-order valence-electron chi connectivity index (χ0n) is 11.5. The van der Waals surface area contributed by atoms with Crippen molar-refractivity contribution in [2.75, 3.05) is 13.1 Å². The molecule has 0 fully saturated rings. The molecule has 0 aliphatic carbocycles. The Kier molecular flexibility index (Phi) is 5.42. The van der Waals surface area contributed by atoms with Gasteiger partial charge in [-0.15, -0.1) is 10.2 Å². The molecular weight excluding hydrogens is 256 g/mol. The second-order valence-corrected chi connectivity index (χ2v) is 5.55. The monoisotopic (exact) mass is 276 g/mol. The summed E-state index contributed by atoms with van der Waals surface area (Å²) >= 11 is 1.67. The molecule has 0 unspecified atom stereocenters. The van der Waals surface area contributed by atoms with Crippen LogP contribution in [0.4, 0.5) is 0 Å². The van der Waals surface area contributed by atoms with Crippen molar-refractivity contribution in [3.8, 4) is 10.6 Å². The Hall–Kier alpha value is -1.33. The van der Waals surface area contributed by atoms with Crippen LogP contribution in [0.15, 0.2) is 18.3 Å². The lowest BCUT2D eigenvalue weighted by Gasteiger charge is -2.00. The lowest BCUT2D eigenvalue weighted by molar-refractivity contribution is 0.637. The van der Waals surface area contributed by atoms with E-state index in [1.54, 1.807) is 17.5 Å². The standard InChI is InChI=1S/C14H20N4S/c1-3-8-15-9-5-7-13-17-18-14(19-13)12-6-4-10-16-11(12)2/h4,6,10,15H,3,5,7-9H2,1-2H3. The van der Waals surface area contributed by atoms with Gasteiger partial charge in [0.1, 0.15) is 10.0 Å². The zero-order valence-corrected chi connectivity index (χ0v) is 12.3. The Morgan fingerprint density at radius 1 is 1.26 bits per heavy atom. The number of nitrogens with one attached hydrogen (secondary N) is 1. The summed E-state index contributed by atoms with van der Waals surface area (Å²) < 4.78 is 0. The van der Waals surface area contributed by atoms with Crippen LogP contribution in [0, 0.1) is 6.92 Å². The van der Waals surface area contributed by atoms with Gasteiger partial charge in [0.05, 0.1) is 0 Å². The number of aryl methyl sites for hydroxylation is 2. The summed E-state index contributed by atoms with van der Waals surface area (Å²) in [5, 5.41) is 14.0. The summed E-state index contributed by atoms with van der Waals surface area (Å²) in [7, 11) is 0. The van der Waals surface area contributed by atoms with Crippen molar-refractivity contribution < 1.29 is 0 Å². The van der Waals surface area contributed by atoms with E-state index in [0.717, 1.165) is 47.2 Å². The first-order valence-corrected chi connectivity index (χ1v) is 7.58. The van der Waals surface area contributed by atoms with Crippen molar-refractivity contribution >= 4 is 11.3 Å². The first kappa shape index (κ1) is 14.1. The Morgan fingerprint density at radius 2 is 2.16 bits per heavy atom. The van der Waals surface area contributed by atoms with E-state index < -0.39 is 0 Å². The number of pyridine rings is 1. The lowest BCUT2D eigenvalue weighted by Crippen LogP contribution is -2.16. The Bertz CT molecular complexity index is 510. The minimum absolute atomic E-state index is 0.974. The summed E-state index contributed by atoms with van der Waals surface area (Å²) in [6.07, 6.45) is 5.10. The van der Waals surface area contributed by atoms with Crippen molar-refractivity contribution in [1.82, 2.24) is 20.5 Å². The van der Waals surface area contributed by atoms with E-state index in [2.05, 4.69) is 33.5 Å². The van der Waals surface area contributed by atoms with Crippen LogP contribution in [0.5, 0.6) is 0 Å². The maximum Gasteiger partial charge on any atom is 0.149 e. The van der Waals surface area contributed by atoms with Crippen LogP contribution in [0.25, 0.3) is 10.6 Å². The van der Waals surface area contributed by atoms with Crippen LogP contribution in [0.1, 0.15) is 30.5 Å². The van der Waals surface area contributed by atoms with Gasteiger partial charge >= 0.3 is 0 Å². The van der Waals surface area contributed by atoms with E-state index in [0.29, 0.717) is 0 Å². The minimum atomic E-state index is 0.974. The molecule has 0 atom stereocenters. The smallest absolute Gasteiger partial charge is 0.149 e. The van der Waals surface area contributed by atoms with Crippen LogP contribution in [0.2, 0.25) is 0 Å². The minimum Gasteiger partial charge on any atom is -0.317 e. The molecule has 4 nitrogen and oxygen atoms in total. The van der Waals surface area contributed by atoms with Crippen molar-refractivity contribution in [2.45, 2.75) is 33.1 Å². The molecule has 0 aromatic carbocycles. The number of nitrogens with zero attached hydrogens (tertiary/aromatic N) is 3. The highest BCUT2D eigenvalue weighted by atomic mass is 32.1. The molecule has 1 N–H and O–H groups in total. The van der Waals surface area contributed by atoms with E-state index in [-0.39, 0.29) is 0 Å². The van der Waals surface area contributed by atoms with Gasteiger partial charge in [0, 0.05) is 23.9 Å². The second-order valence-electron chi connectivity index (χ2n) is 4.49. The molecular formula is C14H20N4S. The Labute approximate surface area is 118 Å². The average molecular weight is 276 g/mol. The fourth-order valence-electron chi connectivity index (χ4n) is 1.84. The van der Waals surface area contributed by atoms with E-state index in [1.807, 2.05) is 13.0 Å². The summed E-state index contributed by atoms with van der Waals surface area (Å²) in [5.74, 6) is 0. The third-order valence-electron chi connectivity index (χ3n) is 2.88. The van der Waals surface area contributed by atoms with Gasteiger partial charge < -0.3 is 5.32 Å².